The summed E-state index contributed by atoms with van der Waals surface area (Å²) in [4.78, 5) is 25.0. The topological polar surface area (TPSA) is 67.4 Å². The molecule has 1 aromatic heterocycles. The van der Waals surface area contributed by atoms with Crippen molar-refractivity contribution in [2.45, 2.75) is 32.7 Å². The summed E-state index contributed by atoms with van der Waals surface area (Å²) < 4.78 is 6.11. The number of allylic oxidation sites excluding steroid dienone is 1. The smallest absolute Gasteiger partial charge is 0.338 e. The van der Waals surface area contributed by atoms with Crippen LogP contribution in [0, 0.1) is 0 Å². The van der Waals surface area contributed by atoms with Gasteiger partial charge in [0.2, 0.25) is 0 Å². The molecular weight excluding hydrogens is 356 g/mol. The van der Waals surface area contributed by atoms with Gasteiger partial charge in [-0.05, 0) is 41.4 Å². The van der Waals surface area contributed by atoms with Crippen molar-refractivity contribution in [1.82, 2.24) is 10.6 Å². The second-order valence-electron chi connectivity index (χ2n) is 4.54. The lowest BCUT2D eigenvalue weighted by atomic mass is 9.99. The van der Waals surface area contributed by atoms with E-state index in [1.807, 2.05) is 19.1 Å². The van der Waals surface area contributed by atoms with Gasteiger partial charge in [0.05, 0.1) is 22.0 Å². The van der Waals surface area contributed by atoms with Gasteiger partial charge in [-0.3, -0.25) is 0 Å². The van der Waals surface area contributed by atoms with Crippen LogP contribution in [0.15, 0.2) is 27.2 Å². The van der Waals surface area contributed by atoms with Crippen LogP contribution < -0.4 is 10.6 Å². The van der Waals surface area contributed by atoms with Crippen LogP contribution in [0.25, 0.3) is 0 Å². The number of nitrogens with one attached hydrogen (secondary N) is 2. The Morgan fingerprint density at radius 1 is 1.43 bits per heavy atom. The van der Waals surface area contributed by atoms with Gasteiger partial charge in [-0.25, -0.2) is 9.59 Å². The van der Waals surface area contributed by atoms with Gasteiger partial charge in [-0.15, -0.1) is 11.3 Å². The molecule has 1 aliphatic heterocycles. The summed E-state index contributed by atoms with van der Waals surface area (Å²) >= 11 is 4.89. The second kappa shape index (κ2) is 7.09. The molecule has 0 aromatic carbocycles. The largest absolute Gasteiger partial charge is 0.463 e. The van der Waals surface area contributed by atoms with Gasteiger partial charge in [0.1, 0.15) is 0 Å². The summed E-state index contributed by atoms with van der Waals surface area (Å²) in [6.45, 7) is 4.07. The van der Waals surface area contributed by atoms with Crippen LogP contribution >= 0.6 is 27.3 Å². The molecule has 5 nitrogen and oxygen atoms in total. The van der Waals surface area contributed by atoms with Crippen LogP contribution in [0.4, 0.5) is 4.79 Å². The first-order chi connectivity index (χ1) is 10.1. The lowest BCUT2D eigenvalue weighted by Crippen LogP contribution is -2.45. The third-order valence-electron chi connectivity index (χ3n) is 3.03. The maximum atomic E-state index is 12.3. The molecular formula is C14H17BrN2O3S. The highest BCUT2D eigenvalue weighted by atomic mass is 79.9. The Bertz CT molecular complexity index is 583. The number of carbonyl (C=O) groups is 2. The van der Waals surface area contributed by atoms with E-state index in [4.69, 9.17) is 4.74 Å². The van der Waals surface area contributed by atoms with Gasteiger partial charge in [0.25, 0.3) is 0 Å². The summed E-state index contributed by atoms with van der Waals surface area (Å²) in [5, 5.41) is 5.54. The molecule has 1 atom stereocenters. The number of carbonyl (C=O) groups excluding carboxylic acids is 2. The molecule has 21 heavy (non-hydrogen) atoms. The SMILES string of the molecule is CCCC1=C(C(=O)OCC)C(c2ccc(Br)s2)NC(=O)N1. The van der Waals surface area contributed by atoms with Crippen molar-refractivity contribution in [2.24, 2.45) is 0 Å². The molecule has 2 N–H and O–H groups in total. The molecule has 2 amide bonds. The lowest BCUT2D eigenvalue weighted by molar-refractivity contribution is -0.139. The number of esters is 1. The zero-order valence-corrected chi connectivity index (χ0v) is 14.3. The average Bonchev–Trinajstić information content (AvgIpc) is 2.85. The summed E-state index contributed by atoms with van der Waals surface area (Å²) in [7, 11) is 0. The molecule has 2 heterocycles. The standard InChI is InChI=1S/C14H17BrN2O3S/c1-3-5-8-11(13(18)20-4-2)12(17-14(19)16-8)9-6-7-10(15)21-9/h6-7,12H,3-5H2,1-2H3,(H2,16,17,19). The molecule has 0 bridgehead atoms. The molecule has 1 unspecified atom stereocenters. The van der Waals surface area contributed by atoms with Crippen molar-refractivity contribution in [1.29, 1.82) is 0 Å². The van der Waals surface area contributed by atoms with Gasteiger partial charge in [-0.2, -0.15) is 0 Å². The number of hydrogen-bond acceptors (Lipinski definition) is 4. The van der Waals surface area contributed by atoms with E-state index in [1.165, 1.54) is 11.3 Å². The highest BCUT2D eigenvalue weighted by Crippen LogP contribution is 2.35. The number of halogens is 1. The van der Waals surface area contributed by atoms with Gasteiger partial charge in [0, 0.05) is 10.6 Å². The minimum atomic E-state index is -0.462. The number of urea groups is 1. The Balaban J connectivity index is 2.45. The predicted molar refractivity (Wildman–Crippen MR) is 85.0 cm³/mol. The lowest BCUT2D eigenvalue weighted by Gasteiger charge is -2.28. The molecule has 2 rings (SSSR count). The fourth-order valence-electron chi connectivity index (χ4n) is 2.21. The maximum Gasteiger partial charge on any atom is 0.338 e. The van der Waals surface area contributed by atoms with Crippen LogP contribution in [0.1, 0.15) is 37.6 Å². The zero-order chi connectivity index (χ0) is 15.4. The van der Waals surface area contributed by atoms with E-state index in [-0.39, 0.29) is 12.0 Å². The quantitative estimate of drug-likeness (QED) is 0.777. The number of ether oxygens (including phenoxy) is 1. The molecule has 0 radical (unpaired) electrons. The zero-order valence-electron chi connectivity index (χ0n) is 11.9. The van der Waals surface area contributed by atoms with Crippen LogP contribution in [0.2, 0.25) is 0 Å². The van der Waals surface area contributed by atoms with Crippen molar-refractivity contribution >= 4 is 39.3 Å². The molecule has 114 valence electrons. The fourth-order valence-corrected chi connectivity index (χ4v) is 3.70. The third kappa shape index (κ3) is 3.65. The Morgan fingerprint density at radius 2 is 2.19 bits per heavy atom. The normalized spacial score (nSPS) is 18.2. The van der Waals surface area contributed by atoms with Gasteiger partial charge in [0.15, 0.2) is 0 Å². The Kier molecular flexibility index (Phi) is 5.41. The van der Waals surface area contributed by atoms with E-state index in [1.54, 1.807) is 6.92 Å². The molecule has 7 heteroatoms. The highest BCUT2D eigenvalue weighted by molar-refractivity contribution is 9.11. The molecule has 0 saturated carbocycles. The van der Waals surface area contributed by atoms with Crippen LogP contribution in [0.3, 0.4) is 0 Å². The summed E-state index contributed by atoms with van der Waals surface area (Å²) in [5.74, 6) is -0.386. The molecule has 1 aliphatic rings. The van der Waals surface area contributed by atoms with E-state index >= 15 is 0 Å². The minimum Gasteiger partial charge on any atom is -0.463 e. The van der Waals surface area contributed by atoms with E-state index in [2.05, 4.69) is 26.6 Å². The average molecular weight is 373 g/mol. The van der Waals surface area contributed by atoms with Crippen molar-refractivity contribution < 1.29 is 14.3 Å². The third-order valence-corrected chi connectivity index (χ3v) is 4.72. The minimum absolute atomic E-state index is 0.291. The molecule has 0 saturated heterocycles. The van der Waals surface area contributed by atoms with Crippen LogP contribution in [-0.4, -0.2) is 18.6 Å². The predicted octanol–water partition coefficient (Wildman–Crippen LogP) is 3.48. The van der Waals surface area contributed by atoms with Crippen molar-refractivity contribution in [3.63, 3.8) is 0 Å². The highest BCUT2D eigenvalue weighted by Gasteiger charge is 2.34. The summed E-state index contributed by atoms with van der Waals surface area (Å²) in [6.07, 6.45) is 1.46. The second-order valence-corrected chi connectivity index (χ2v) is 7.03. The van der Waals surface area contributed by atoms with Gasteiger partial charge >= 0.3 is 12.0 Å². The monoisotopic (exact) mass is 372 g/mol. The number of rotatable bonds is 5. The van der Waals surface area contributed by atoms with E-state index in [0.717, 1.165) is 15.1 Å². The molecule has 1 aromatic rings. The van der Waals surface area contributed by atoms with Crippen molar-refractivity contribution in [3.8, 4) is 0 Å². The Morgan fingerprint density at radius 3 is 2.76 bits per heavy atom. The first-order valence-corrected chi connectivity index (χ1v) is 8.40. The maximum absolute atomic E-state index is 12.3. The molecule has 0 spiro atoms. The van der Waals surface area contributed by atoms with Crippen molar-refractivity contribution in [3.05, 3.63) is 32.1 Å². The van der Waals surface area contributed by atoms with Gasteiger partial charge in [-0.1, -0.05) is 13.3 Å². The van der Waals surface area contributed by atoms with E-state index in [9.17, 15) is 9.59 Å². The van der Waals surface area contributed by atoms with E-state index in [0.29, 0.717) is 24.3 Å². The number of amides is 2. The van der Waals surface area contributed by atoms with E-state index < -0.39 is 6.04 Å². The molecule has 0 fully saturated rings. The Labute approximate surface area is 135 Å². The first kappa shape index (κ1) is 16.0. The van der Waals surface area contributed by atoms with Crippen LogP contribution in [0.5, 0.6) is 0 Å². The summed E-state index contributed by atoms with van der Waals surface area (Å²) in [5.41, 5.74) is 1.14. The summed E-state index contributed by atoms with van der Waals surface area (Å²) in [6, 6.07) is 3.04. The number of thiophene rings is 1. The number of hydrogen-bond donors (Lipinski definition) is 2. The first-order valence-electron chi connectivity index (χ1n) is 6.79. The van der Waals surface area contributed by atoms with Crippen molar-refractivity contribution in [2.75, 3.05) is 6.61 Å². The van der Waals surface area contributed by atoms with Crippen LogP contribution in [-0.2, 0) is 9.53 Å². The van der Waals surface area contributed by atoms with Gasteiger partial charge < -0.3 is 15.4 Å². The molecule has 0 aliphatic carbocycles. The fraction of sp³-hybridized carbons (Fsp3) is 0.429. The Hall–Kier alpha value is -1.34.